The van der Waals surface area contributed by atoms with E-state index in [1.807, 2.05) is 0 Å². The molecule has 9 nitrogen and oxygen atoms in total. The van der Waals surface area contributed by atoms with Crippen molar-refractivity contribution in [2.75, 3.05) is 11.9 Å². The fourth-order valence-electron chi connectivity index (χ4n) is 2.85. The van der Waals surface area contributed by atoms with Crippen molar-refractivity contribution in [1.82, 2.24) is 4.72 Å². The van der Waals surface area contributed by atoms with Crippen LogP contribution in [0.15, 0.2) is 58.4 Å². The van der Waals surface area contributed by atoms with Gasteiger partial charge < -0.3 is 10.1 Å². The molecule has 2 aromatic carbocycles. The molecule has 10 heteroatoms. The third kappa shape index (κ3) is 5.34. The van der Waals surface area contributed by atoms with Crippen molar-refractivity contribution in [2.24, 2.45) is 4.99 Å². The number of aliphatic imine (C=N–C) groups is 1. The fourth-order valence-corrected chi connectivity index (χ4v) is 4.10. The lowest BCUT2D eigenvalue weighted by molar-refractivity contribution is -0.152. The predicted molar refractivity (Wildman–Crippen MR) is 113 cm³/mol. The minimum atomic E-state index is -3.64. The van der Waals surface area contributed by atoms with Gasteiger partial charge >= 0.3 is 5.97 Å². The Kier molecular flexibility index (Phi) is 6.50. The van der Waals surface area contributed by atoms with Crippen molar-refractivity contribution < 1.29 is 27.5 Å². The molecule has 0 aromatic heterocycles. The molecule has 2 N–H and O–H groups in total. The van der Waals surface area contributed by atoms with E-state index in [9.17, 15) is 22.8 Å². The Bertz CT molecular complexity index is 1160. The Labute approximate surface area is 179 Å². The second kappa shape index (κ2) is 9.09. The van der Waals surface area contributed by atoms with Gasteiger partial charge in [0.15, 0.2) is 11.9 Å². The average molecular weight is 443 g/mol. The Morgan fingerprint density at radius 2 is 1.77 bits per heavy atom. The van der Waals surface area contributed by atoms with E-state index in [4.69, 9.17) is 4.74 Å². The van der Waals surface area contributed by atoms with Crippen LogP contribution in [-0.4, -0.2) is 44.6 Å². The van der Waals surface area contributed by atoms with Crippen LogP contribution in [0.3, 0.4) is 0 Å². The smallest absolute Gasteiger partial charge is 0.308 e. The van der Waals surface area contributed by atoms with Gasteiger partial charge in [0, 0.05) is 16.8 Å². The van der Waals surface area contributed by atoms with Gasteiger partial charge in [-0.25, -0.2) is 8.42 Å². The molecular weight excluding hydrogens is 422 g/mol. The van der Waals surface area contributed by atoms with Crippen LogP contribution in [0.2, 0.25) is 0 Å². The number of ketones is 1. The molecule has 31 heavy (non-hydrogen) atoms. The van der Waals surface area contributed by atoms with E-state index in [0.717, 1.165) is 0 Å². The van der Waals surface area contributed by atoms with Crippen molar-refractivity contribution in [3.8, 4) is 0 Å². The molecule has 162 valence electrons. The van der Waals surface area contributed by atoms with Gasteiger partial charge in [0.2, 0.25) is 0 Å². The molecule has 0 saturated heterocycles. The Balaban J connectivity index is 1.51. The SMILES string of the molecule is CC(=O)c1ccc(NC(=O)[C@H](C)OC(=O)CCN=C2NS(=O)(=O)c3ccccc32)cc1. The number of carbonyl (C=O) groups excluding carboxylic acids is 3. The number of nitrogens with one attached hydrogen (secondary N) is 2. The minimum absolute atomic E-state index is 0.00807. The first-order valence-corrected chi connectivity index (χ1v) is 10.9. The van der Waals surface area contributed by atoms with E-state index < -0.39 is 28.0 Å². The van der Waals surface area contributed by atoms with Gasteiger partial charge in [0.1, 0.15) is 5.84 Å². The zero-order valence-electron chi connectivity index (χ0n) is 16.9. The summed E-state index contributed by atoms with van der Waals surface area (Å²) in [6.45, 7) is 2.87. The molecule has 0 bridgehead atoms. The van der Waals surface area contributed by atoms with Crippen LogP contribution in [0, 0.1) is 0 Å². The summed E-state index contributed by atoms with van der Waals surface area (Å²) >= 11 is 0. The monoisotopic (exact) mass is 443 g/mol. The molecule has 0 aliphatic carbocycles. The molecule has 2 aromatic rings. The maximum Gasteiger partial charge on any atom is 0.308 e. The number of amides is 1. The summed E-state index contributed by atoms with van der Waals surface area (Å²) < 4.78 is 31.5. The number of anilines is 1. The maximum absolute atomic E-state index is 12.2. The van der Waals surface area contributed by atoms with Gasteiger partial charge in [0.25, 0.3) is 15.9 Å². The second-order valence-electron chi connectivity index (χ2n) is 6.84. The van der Waals surface area contributed by atoms with Crippen LogP contribution in [0.4, 0.5) is 5.69 Å². The first-order valence-electron chi connectivity index (χ1n) is 9.45. The summed E-state index contributed by atoms with van der Waals surface area (Å²) in [6.07, 6.45) is -1.17. The van der Waals surface area contributed by atoms with Crippen LogP contribution in [0.5, 0.6) is 0 Å². The number of hydrogen-bond acceptors (Lipinski definition) is 7. The number of nitrogens with zero attached hydrogens (tertiary/aromatic N) is 1. The molecule has 1 aliphatic heterocycles. The molecule has 0 unspecified atom stereocenters. The summed E-state index contributed by atoms with van der Waals surface area (Å²) in [5, 5.41) is 2.60. The summed E-state index contributed by atoms with van der Waals surface area (Å²) in [7, 11) is -3.64. The lowest BCUT2D eigenvalue weighted by Gasteiger charge is -2.13. The van der Waals surface area contributed by atoms with Crippen molar-refractivity contribution >= 4 is 39.2 Å². The summed E-state index contributed by atoms with van der Waals surface area (Å²) in [6, 6.07) is 12.7. The van der Waals surface area contributed by atoms with Gasteiger partial charge in [-0.1, -0.05) is 12.1 Å². The van der Waals surface area contributed by atoms with Crippen molar-refractivity contribution in [3.05, 3.63) is 59.7 Å². The number of amidine groups is 1. The van der Waals surface area contributed by atoms with Crippen LogP contribution in [-0.2, 0) is 24.3 Å². The topological polar surface area (TPSA) is 131 Å². The van der Waals surface area contributed by atoms with Gasteiger partial charge in [-0.05, 0) is 50.2 Å². The normalized spacial score (nSPS) is 16.1. The second-order valence-corrected chi connectivity index (χ2v) is 8.49. The number of sulfonamides is 1. The van der Waals surface area contributed by atoms with E-state index in [-0.39, 0.29) is 29.5 Å². The Morgan fingerprint density at radius 3 is 2.45 bits per heavy atom. The van der Waals surface area contributed by atoms with E-state index in [1.165, 1.54) is 19.9 Å². The lowest BCUT2D eigenvalue weighted by Crippen LogP contribution is -2.30. The van der Waals surface area contributed by atoms with Crippen molar-refractivity contribution in [3.63, 3.8) is 0 Å². The van der Waals surface area contributed by atoms with Crippen LogP contribution in [0.25, 0.3) is 0 Å². The number of benzene rings is 2. The van der Waals surface area contributed by atoms with Crippen molar-refractivity contribution in [1.29, 1.82) is 0 Å². The summed E-state index contributed by atoms with van der Waals surface area (Å²) in [5.74, 6) is -1.08. The lowest BCUT2D eigenvalue weighted by atomic mass is 10.1. The molecule has 0 fully saturated rings. The Morgan fingerprint density at radius 1 is 1.10 bits per heavy atom. The highest BCUT2D eigenvalue weighted by atomic mass is 32.2. The van der Waals surface area contributed by atoms with Crippen LogP contribution >= 0.6 is 0 Å². The Hall–Kier alpha value is -3.53. The highest BCUT2D eigenvalue weighted by Gasteiger charge is 2.30. The van der Waals surface area contributed by atoms with E-state index in [2.05, 4.69) is 15.0 Å². The van der Waals surface area contributed by atoms with Gasteiger partial charge in [-0.15, -0.1) is 0 Å². The third-order valence-corrected chi connectivity index (χ3v) is 5.88. The molecule has 1 aliphatic rings. The quantitative estimate of drug-likeness (QED) is 0.496. The zero-order chi connectivity index (χ0) is 22.6. The zero-order valence-corrected chi connectivity index (χ0v) is 17.7. The molecule has 1 atom stereocenters. The first kappa shape index (κ1) is 22.2. The fraction of sp³-hybridized carbons (Fsp3) is 0.238. The van der Waals surface area contributed by atoms with Gasteiger partial charge in [0.05, 0.1) is 17.9 Å². The van der Waals surface area contributed by atoms with Gasteiger partial charge in [-0.2, -0.15) is 0 Å². The number of ether oxygens (including phenoxy) is 1. The highest BCUT2D eigenvalue weighted by Crippen LogP contribution is 2.22. The molecule has 0 saturated carbocycles. The maximum atomic E-state index is 12.2. The average Bonchev–Trinajstić information content (AvgIpc) is 2.99. The molecule has 0 spiro atoms. The van der Waals surface area contributed by atoms with E-state index in [0.29, 0.717) is 16.8 Å². The predicted octanol–water partition coefficient (Wildman–Crippen LogP) is 1.89. The first-order chi connectivity index (χ1) is 14.7. The third-order valence-electron chi connectivity index (χ3n) is 4.48. The van der Waals surface area contributed by atoms with E-state index in [1.54, 1.807) is 42.5 Å². The number of carbonyl (C=O) groups is 3. The molecular formula is C21H21N3O6S. The molecule has 1 heterocycles. The minimum Gasteiger partial charge on any atom is -0.452 e. The number of Topliss-reactive ketones (excluding diaryl/α,β-unsaturated/α-hetero) is 1. The van der Waals surface area contributed by atoms with Gasteiger partial charge in [-0.3, -0.25) is 24.1 Å². The van der Waals surface area contributed by atoms with Crippen LogP contribution < -0.4 is 10.0 Å². The number of esters is 1. The number of hydrogen-bond donors (Lipinski definition) is 2. The summed E-state index contributed by atoms with van der Waals surface area (Å²) in [4.78, 5) is 39.8. The van der Waals surface area contributed by atoms with E-state index >= 15 is 0 Å². The molecule has 1 amide bonds. The summed E-state index contributed by atoms with van der Waals surface area (Å²) in [5.41, 5.74) is 1.43. The standard InChI is InChI=1S/C21H21N3O6S/c1-13(25)15-7-9-16(10-8-15)23-21(27)14(2)30-19(26)11-12-22-20-17-5-3-4-6-18(17)31(28,29)24-20/h3-10,14H,11-12H2,1-2H3,(H,22,24)(H,23,27)/t14-/m0/s1. The molecule has 0 radical (unpaired) electrons. The highest BCUT2D eigenvalue weighted by molar-refractivity contribution is 7.90. The number of rotatable bonds is 7. The number of fused-ring (bicyclic) bond motifs is 1. The largest absolute Gasteiger partial charge is 0.452 e. The molecule has 3 rings (SSSR count). The van der Waals surface area contributed by atoms with Crippen molar-refractivity contribution in [2.45, 2.75) is 31.3 Å². The van der Waals surface area contributed by atoms with Crippen LogP contribution in [0.1, 0.15) is 36.2 Å².